The van der Waals surface area contributed by atoms with Crippen LogP contribution in [0.4, 0.5) is 4.79 Å². The zero-order valence-electron chi connectivity index (χ0n) is 47.5. The van der Waals surface area contributed by atoms with Crippen molar-refractivity contribution >= 4 is 52.8 Å². The van der Waals surface area contributed by atoms with Crippen LogP contribution in [0.15, 0.2) is 46.9 Å². The molecule has 1 aromatic rings. The molecular formula is C57H96N8O9. The second-order valence-electron chi connectivity index (χ2n) is 22.6. The maximum atomic E-state index is 14.8. The van der Waals surface area contributed by atoms with Gasteiger partial charge in [0, 0.05) is 69.1 Å². The number of Topliss-reactive ketones (excluding diaryl/α,β-unsaturated/α-hetero) is 3. The summed E-state index contributed by atoms with van der Waals surface area (Å²) in [6, 6.07) is 5.32. The van der Waals surface area contributed by atoms with Gasteiger partial charge >= 0.3 is 6.09 Å². The third kappa shape index (κ3) is 29.9. The molecule has 17 nitrogen and oxygen atoms in total. The average Bonchev–Trinajstić information content (AvgIpc) is 3.28. The summed E-state index contributed by atoms with van der Waals surface area (Å²) in [5, 5.41) is 11.6. The Morgan fingerprint density at radius 1 is 0.649 bits per heavy atom. The number of benzene rings is 1. The fourth-order valence-corrected chi connectivity index (χ4v) is 8.19. The van der Waals surface area contributed by atoms with Crippen LogP contribution in [0.2, 0.25) is 0 Å². The van der Waals surface area contributed by atoms with Crippen molar-refractivity contribution in [2.45, 2.75) is 197 Å². The van der Waals surface area contributed by atoms with E-state index in [2.05, 4.69) is 37.8 Å². The Labute approximate surface area is 443 Å². The normalized spacial score (nSPS) is 14.7. The van der Waals surface area contributed by atoms with E-state index in [1.807, 2.05) is 79.7 Å². The smallest absolute Gasteiger partial charge is 0.407 e. The van der Waals surface area contributed by atoms with Gasteiger partial charge in [0.1, 0.15) is 22.7 Å². The van der Waals surface area contributed by atoms with Crippen LogP contribution in [0.3, 0.4) is 0 Å². The predicted molar refractivity (Wildman–Crippen MR) is 296 cm³/mol. The van der Waals surface area contributed by atoms with Gasteiger partial charge < -0.3 is 42.2 Å². The number of ketones is 3. The number of rotatable bonds is 36. The van der Waals surface area contributed by atoms with Crippen LogP contribution in [0, 0.1) is 35.5 Å². The van der Waals surface area contributed by atoms with Gasteiger partial charge in [-0.25, -0.2) is 4.79 Å². The van der Waals surface area contributed by atoms with E-state index in [1.165, 1.54) is 0 Å². The molecule has 1 rings (SSSR count). The first-order chi connectivity index (χ1) is 34.5. The lowest BCUT2D eigenvalue weighted by atomic mass is 9.84. The number of nitrogens with one attached hydrogen (secondary N) is 4. The highest BCUT2D eigenvalue weighted by Gasteiger charge is 2.35. The van der Waals surface area contributed by atoms with Gasteiger partial charge in [0.15, 0.2) is 11.6 Å². The molecule has 0 aliphatic carbocycles. The van der Waals surface area contributed by atoms with Gasteiger partial charge in [-0.3, -0.25) is 38.8 Å². The van der Waals surface area contributed by atoms with Gasteiger partial charge in [0.05, 0.1) is 23.8 Å². The number of unbranched alkanes of at least 4 members (excludes halogenated alkanes) is 1. The highest BCUT2D eigenvalue weighted by molar-refractivity contribution is 5.96. The summed E-state index contributed by atoms with van der Waals surface area (Å²) >= 11 is 0. The van der Waals surface area contributed by atoms with Crippen molar-refractivity contribution in [3.8, 4) is 5.75 Å². The van der Waals surface area contributed by atoms with Gasteiger partial charge in [0.2, 0.25) is 17.7 Å². The van der Waals surface area contributed by atoms with E-state index in [4.69, 9.17) is 20.9 Å². The molecule has 0 radical (unpaired) electrons. The number of hydrogen-bond acceptors (Lipinski definition) is 11. The summed E-state index contributed by atoms with van der Waals surface area (Å²) in [7, 11) is 0. The minimum absolute atomic E-state index is 0.00635. The zero-order valence-corrected chi connectivity index (χ0v) is 47.5. The van der Waals surface area contributed by atoms with Crippen LogP contribution >= 0.6 is 0 Å². The minimum atomic E-state index is -1.02. The number of nitrogens with zero attached hydrogens (tertiary/aromatic N) is 2. The number of nitrogens with two attached hydrogens (primary N) is 2. The Morgan fingerprint density at radius 2 is 1.22 bits per heavy atom. The molecule has 0 saturated heterocycles. The van der Waals surface area contributed by atoms with E-state index in [-0.39, 0.29) is 73.1 Å². The molecule has 0 aliphatic rings. The van der Waals surface area contributed by atoms with Crippen LogP contribution in [0.5, 0.6) is 5.75 Å². The monoisotopic (exact) mass is 1040 g/mol. The standard InChI is InChI=1S/C57H96N8O9/c1-15-16-28-62-52(69)43(22-19-30-60-40(7)58)34-50(67)47(23-20-31-61-41(8)59)64-53(70)44(33-42-24-26-45(27-25-42)73-56(9,10)11)35-51(68)48(32-37(2)3)65-54(71)46(38(4)5)36-49(66)39(6)21-17-18-29-63-55(72)74-57(12,13)14/h15,24-27,37-39,43-44,46-48H,1,16-23,28-36H2,2-14H3,(H2,58,60)(H2,59,61)(H,62,69)(H,63,72)(H,64,70)(H,65,71)/t39-,43+,44+,46-,47-,48-/m0/s1. The average molecular weight is 1040 g/mol. The van der Waals surface area contributed by atoms with Crippen LogP contribution in [-0.2, 0) is 39.9 Å². The molecule has 0 spiro atoms. The van der Waals surface area contributed by atoms with Crippen LogP contribution in [0.25, 0.3) is 0 Å². The molecule has 6 atom stereocenters. The Balaban J connectivity index is 3.53. The topological polar surface area (TPSA) is 263 Å². The lowest BCUT2D eigenvalue weighted by Gasteiger charge is -2.27. The van der Waals surface area contributed by atoms with Gasteiger partial charge in [-0.2, -0.15) is 0 Å². The summed E-state index contributed by atoms with van der Waals surface area (Å²) in [6.07, 6.45) is 5.14. The van der Waals surface area contributed by atoms with Crippen molar-refractivity contribution in [2.75, 3.05) is 26.2 Å². The van der Waals surface area contributed by atoms with Gasteiger partial charge in [-0.15, -0.1) is 6.58 Å². The van der Waals surface area contributed by atoms with Crippen LogP contribution in [-0.4, -0.2) is 102 Å². The summed E-state index contributed by atoms with van der Waals surface area (Å²) in [5.74, 6) is -3.52. The summed E-state index contributed by atoms with van der Waals surface area (Å²) in [4.78, 5) is 106. The van der Waals surface area contributed by atoms with E-state index in [0.29, 0.717) is 95.0 Å². The Hall–Kier alpha value is -5.61. The summed E-state index contributed by atoms with van der Waals surface area (Å²) < 4.78 is 11.3. The second-order valence-corrected chi connectivity index (χ2v) is 22.6. The van der Waals surface area contributed by atoms with E-state index in [1.54, 1.807) is 40.7 Å². The predicted octanol–water partition coefficient (Wildman–Crippen LogP) is 8.14. The number of carbonyl (C=O) groups is 7. The third-order valence-electron chi connectivity index (χ3n) is 12.2. The molecule has 4 amide bonds. The number of alkyl carbamates (subject to hydrolysis) is 1. The van der Waals surface area contributed by atoms with Crippen molar-refractivity contribution in [1.82, 2.24) is 21.3 Å². The highest BCUT2D eigenvalue weighted by Crippen LogP contribution is 2.25. The molecule has 0 unspecified atom stereocenters. The van der Waals surface area contributed by atoms with Gasteiger partial charge in [-0.1, -0.05) is 59.2 Å². The SMILES string of the molecule is C=CCCNC(=O)[C@H](CCCN=C(C)N)CC(=O)[C@H](CCCN=C(C)N)NC(=O)[C@@H](CC(=O)[C@H](CC(C)C)NC(=O)[C@@H](CC(=O)[C@@H](C)CCCCNC(=O)OC(C)(C)C)C(C)C)Cc1ccc(OC(C)(C)C)cc1. The Bertz CT molecular complexity index is 1990. The van der Waals surface area contributed by atoms with Crippen molar-refractivity contribution < 1.29 is 43.0 Å². The molecule has 418 valence electrons. The maximum absolute atomic E-state index is 14.8. The molecule has 0 aromatic heterocycles. The van der Waals surface area contributed by atoms with E-state index < -0.39 is 58.9 Å². The summed E-state index contributed by atoms with van der Waals surface area (Å²) in [5.41, 5.74) is 11.3. The molecule has 0 heterocycles. The number of carbonyl (C=O) groups excluding carboxylic acids is 7. The number of ether oxygens (including phenoxy) is 2. The first-order valence-corrected chi connectivity index (χ1v) is 26.9. The van der Waals surface area contributed by atoms with Gasteiger partial charge in [0.25, 0.3) is 0 Å². The maximum Gasteiger partial charge on any atom is 0.407 e. The molecule has 8 N–H and O–H groups in total. The zero-order chi connectivity index (χ0) is 56.2. The lowest BCUT2D eigenvalue weighted by Crippen LogP contribution is -2.48. The largest absolute Gasteiger partial charge is 0.488 e. The molecule has 74 heavy (non-hydrogen) atoms. The fraction of sp³-hybridized carbons (Fsp3) is 0.702. The molecule has 0 fully saturated rings. The van der Waals surface area contributed by atoms with E-state index in [9.17, 15) is 33.6 Å². The lowest BCUT2D eigenvalue weighted by molar-refractivity contribution is -0.136. The molecule has 0 aliphatic heterocycles. The number of amidine groups is 2. The van der Waals surface area contributed by atoms with Crippen molar-refractivity contribution in [2.24, 2.45) is 57.0 Å². The first kappa shape index (κ1) is 66.4. The Morgan fingerprint density at radius 3 is 1.76 bits per heavy atom. The molecular weight excluding hydrogens is 941 g/mol. The number of aliphatic imine (C=N–C) groups is 2. The van der Waals surface area contributed by atoms with Gasteiger partial charge in [-0.05, 0) is 143 Å². The van der Waals surface area contributed by atoms with Crippen molar-refractivity contribution in [1.29, 1.82) is 0 Å². The number of amides is 4. The van der Waals surface area contributed by atoms with Crippen LogP contribution < -0.4 is 37.5 Å². The third-order valence-corrected chi connectivity index (χ3v) is 12.2. The molecule has 17 heteroatoms. The Kier molecular flexibility index (Phi) is 30.6. The molecule has 1 aromatic carbocycles. The quantitative estimate of drug-likeness (QED) is 0.0162. The van der Waals surface area contributed by atoms with Crippen LogP contribution in [0.1, 0.15) is 173 Å². The first-order valence-electron chi connectivity index (χ1n) is 26.9. The van der Waals surface area contributed by atoms with Crippen molar-refractivity contribution in [3.63, 3.8) is 0 Å². The van der Waals surface area contributed by atoms with E-state index >= 15 is 0 Å². The second kappa shape index (κ2) is 34.1. The molecule has 0 saturated carbocycles. The molecule has 0 bridgehead atoms. The number of hydrogen-bond donors (Lipinski definition) is 6. The fourth-order valence-electron chi connectivity index (χ4n) is 8.19. The minimum Gasteiger partial charge on any atom is -0.488 e. The van der Waals surface area contributed by atoms with Crippen molar-refractivity contribution in [3.05, 3.63) is 42.5 Å². The van der Waals surface area contributed by atoms with E-state index in [0.717, 1.165) is 5.56 Å². The summed E-state index contributed by atoms with van der Waals surface area (Å²) in [6.45, 7) is 29.2. The highest BCUT2D eigenvalue weighted by atomic mass is 16.6.